The molecule has 0 aliphatic carbocycles. The maximum absolute atomic E-state index is 9.17. The third-order valence-corrected chi connectivity index (χ3v) is 2.34. The van der Waals surface area contributed by atoms with Crippen molar-refractivity contribution in [3.63, 3.8) is 0 Å². The van der Waals surface area contributed by atoms with E-state index < -0.39 is 0 Å². The number of benzene rings is 1. The maximum Gasteiger partial charge on any atom is 0.0929 e. The summed E-state index contributed by atoms with van der Waals surface area (Å²) in [5.74, 6) is 0. The van der Waals surface area contributed by atoms with E-state index in [9.17, 15) is 0 Å². The Balaban J connectivity index is 2.88. The van der Waals surface area contributed by atoms with Crippen LogP contribution in [0, 0.1) is 6.92 Å². The van der Waals surface area contributed by atoms with E-state index in [0.29, 0.717) is 0 Å². The number of hydrogen-bond donors (Lipinski definition) is 1. The van der Waals surface area contributed by atoms with E-state index >= 15 is 0 Å². The van der Waals surface area contributed by atoms with Crippen LogP contribution in [0.25, 0.3) is 10.9 Å². The molecule has 2 rings (SSSR count). The van der Waals surface area contributed by atoms with Crippen LogP contribution >= 0.6 is 0 Å². The fourth-order valence-corrected chi connectivity index (χ4v) is 1.68. The van der Waals surface area contributed by atoms with Crippen LogP contribution in [0.1, 0.15) is 11.3 Å². The Labute approximate surface area is 76.6 Å². The van der Waals surface area contributed by atoms with Gasteiger partial charge in [-0.05, 0) is 18.6 Å². The molecule has 68 valence electrons. The summed E-state index contributed by atoms with van der Waals surface area (Å²) < 4.78 is 1.73. The molecule has 13 heavy (non-hydrogen) atoms. The molecule has 0 atom stereocenters. The van der Waals surface area contributed by atoms with Gasteiger partial charge < -0.3 is 5.11 Å². The van der Waals surface area contributed by atoms with Crippen LogP contribution in [0.5, 0.6) is 0 Å². The molecule has 0 aliphatic rings. The second-order valence-corrected chi connectivity index (χ2v) is 3.20. The summed E-state index contributed by atoms with van der Waals surface area (Å²) in [4.78, 5) is 0. The number of rotatable bonds is 1. The van der Waals surface area contributed by atoms with E-state index in [0.717, 1.165) is 22.2 Å². The lowest BCUT2D eigenvalue weighted by Gasteiger charge is -1.98. The molecule has 3 heteroatoms. The second-order valence-electron chi connectivity index (χ2n) is 3.20. The van der Waals surface area contributed by atoms with E-state index in [-0.39, 0.29) is 6.61 Å². The molecule has 0 aliphatic heterocycles. The molecule has 1 heterocycles. The third kappa shape index (κ3) is 1.12. The zero-order chi connectivity index (χ0) is 9.42. The Bertz CT molecular complexity index is 445. The highest BCUT2D eigenvalue weighted by molar-refractivity contribution is 5.84. The molecule has 0 amide bonds. The largest absolute Gasteiger partial charge is 0.390 e. The number of aryl methyl sites for hydroxylation is 2. The highest BCUT2D eigenvalue weighted by Gasteiger charge is 2.08. The second kappa shape index (κ2) is 2.85. The summed E-state index contributed by atoms with van der Waals surface area (Å²) in [5.41, 5.74) is 2.99. The van der Waals surface area contributed by atoms with Crippen molar-refractivity contribution in [1.82, 2.24) is 9.78 Å². The van der Waals surface area contributed by atoms with Gasteiger partial charge in [-0.3, -0.25) is 4.68 Å². The van der Waals surface area contributed by atoms with Gasteiger partial charge in [0.05, 0.1) is 17.8 Å². The van der Waals surface area contributed by atoms with Gasteiger partial charge in [0, 0.05) is 12.4 Å². The van der Waals surface area contributed by atoms with Crippen LogP contribution in [-0.2, 0) is 13.7 Å². The van der Waals surface area contributed by atoms with E-state index in [4.69, 9.17) is 5.11 Å². The summed E-state index contributed by atoms with van der Waals surface area (Å²) in [7, 11) is 1.85. The van der Waals surface area contributed by atoms with E-state index in [2.05, 4.69) is 5.10 Å². The summed E-state index contributed by atoms with van der Waals surface area (Å²) in [6, 6.07) is 5.97. The molecule has 0 radical (unpaired) electrons. The topological polar surface area (TPSA) is 38.0 Å². The maximum atomic E-state index is 9.17. The van der Waals surface area contributed by atoms with Gasteiger partial charge in [-0.15, -0.1) is 0 Å². The fourth-order valence-electron chi connectivity index (χ4n) is 1.68. The average molecular weight is 176 g/mol. The van der Waals surface area contributed by atoms with E-state index in [1.54, 1.807) is 4.68 Å². The molecule has 0 unspecified atom stereocenters. The van der Waals surface area contributed by atoms with Gasteiger partial charge in [-0.25, -0.2) is 0 Å². The average Bonchev–Trinajstić information content (AvgIpc) is 2.42. The minimum Gasteiger partial charge on any atom is -0.390 e. The molecule has 0 fully saturated rings. The normalized spacial score (nSPS) is 11.0. The first-order valence-electron chi connectivity index (χ1n) is 4.26. The van der Waals surface area contributed by atoms with E-state index in [1.807, 2.05) is 32.2 Å². The van der Waals surface area contributed by atoms with Crippen LogP contribution in [0.2, 0.25) is 0 Å². The number of aliphatic hydroxyl groups excluding tert-OH is 1. The van der Waals surface area contributed by atoms with Crippen LogP contribution in [0.3, 0.4) is 0 Å². The van der Waals surface area contributed by atoms with Crippen molar-refractivity contribution in [3.8, 4) is 0 Å². The van der Waals surface area contributed by atoms with Crippen molar-refractivity contribution in [2.24, 2.45) is 7.05 Å². The van der Waals surface area contributed by atoms with E-state index in [1.165, 1.54) is 0 Å². The number of aromatic nitrogens is 2. The SMILES string of the molecule is Cc1cccc2nn(C)c(CO)c12. The molecule has 0 saturated heterocycles. The first-order chi connectivity index (χ1) is 6.24. The molecular weight excluding hydrogens is 164 g/mol. The molecular formula is C10H12N2O. The first kappa shape index (κ1) is 8.26. The zero-order valence-electron chi connectivity index (χ0n) is 7.78. The van der Waals surface area contributed by atoms with Gasteiger partial charge in [0.15, 0.2) is 0 Å². The van der Waals surface area contributed by atoms with Crippen molar-refractivity contribution in [1.29, 1.82) is 0 Å². The van der Waals surface area contributed by atoms with Crippen molar-refractivity contribution in [2.75, 3.05) is 0 Å². The van der Waals surface area contributed by atoms with Gasteiger partial charge >= 0.3 is 0 Å². The number of fused-ring (bicyclic) bond motifs is 1. The summed E-state index contributed by atoms with van der Waals surface area (Å²) in [6.45, 7) is 2.07. The molecule has 0 spiro atoms. The molecule has 2 aromatic rings. The number of hydrogen-bond acceptors (Lipinski definition) is 2. The van der Waals surface area contributed by atoms with Crippen LogP contribution in [0.15, 0.2) is 18.2 Å². The molecule has 0 bridgehead atoms. The summed E-state index contributed by atoms with van der Waals surface area (Å²) in [5, 5.41) is 14.5. The quantitative estimate of drug-likeness (QED) is 0.712. The minimum absolute atomic E-state index is 0.0395. The Morgan fingerprint density at radius 2 is 2.23 bits per heavy atom. The highest BCUT2D eigenvalue weighted by atomic mass is 16.3. The molecule has 1 aromatic heterocycles. The third-order valence-electron chi connectivity index (χ3n) is 2.34. The molecule has 0 saturated carbocycles. The Morgan fingerprint density at radius 3 is 2.92 bits per heavy atom. The Morgan fingerprint density at radius 1 is 1.46 bits per heavy atom. The zero-order valence-corrected chi connectivity index (χ0v) is 7.78. The lowest BCUT2D eigenvalue weighted by atomic mass is 10.1. The molecule has 1 aromatic carbocycles. The fraction of sp³-hybridized carbons (Fsp3) is 0.300. The predicted molar refractivity (Wildman–Crippen MR) is 51.4 cm³/mol. The first-order valence-corrected chi connectivity index (χ1v) is 4.26. The van der Waals surface area contributed by atoms with Crippen LogP contribution < -0.4 is 0 Å². The minimum atomic E-state index is 0.0395. The van der Waals surface area contributed by atoms with Crippen molar-refractivity contribution in [2.45, 2.75) is 13.5 Å². The lowest BCUT2D eigenvalue weighted by Crippen LogP contribution is -1.97. The van der Waals surface area contributed by atoms with Gasteiger partial charge in [0.1, 0.15) is 0 Å². The van der Waals surface area contributed by atoms with Gasteiger partial charge in [-0.2, -0.15) is 5.10 Å². The summed E-state index contributed by atoms with van der Waals surface area (Å²) in [6.07, 6.45) is 0. The monoisotopic (exact) mass is 176 g/mol. The Hall–Kier alpha value is -1.35. The van der Waals surface area contributed by atoms with Gasteiger partial charge in [-0.1, -0.05) is 12.1 Å². The highest BCUT2D eigenvalue weighted by Crippen LogP contribution is 2.21. The number of nitrogens with zero attached hydrogens (tertiary/aromatic N) is 2. The van der Waals surface area contributed by atoms with Crippen molar-refractivity contribution >= 4 is 10.9 Å². The Kier molecular flexibility index (Phi) is 1.81. The van der Waals surface area contributed by atoms with Crippen molar-refractivity contribution in [3.05, 3.63) is 29.5 Å². The van der Waals surface area contributed by atoms with Crippen molar-refractivity contribution < 1.29 is 5.11 Å². The predicted octanol–water partition coefficient (Wildman–Crippen LogP) is 1.37. The van der Waals surface area contributed by atoms with Crippen LogP contribution in [-0.4, -0.2) is 14.9 Å². The number of aliphatic hydroxyl groups is 1. The smallest absolute Gasteiger partial charge is 0.0929 e. The summed E-state index contributed by atoms with van der Waals surface area (Å²) >= 11 is 0. The van der Waals surface area contributed by atoms with Crippen LogP contribution in [0.4, 0.5) is 0 Å². The lowest BCUT2D eigenvalue weighted by molar-refractivity contribution is 0.272. The molecule has 1 N–H and O–H groups in total. The van der Waals surface area contributed by atoms with Gasteiger partial charge in [0.25, 0.3) is 0 Å². The van der Waals surface area contributed by atoms with Gasteiger partial charge in [0.2, 0.25) is 0 Å². The standard InChI is InChI=1S/C10H12N2O/c1-7-4-3-5-8-10(7)9(6-13)12(2)11-8/h3-5,13H,6H2,1-2H3. The molecule has 3 nitrogen and oxygen atoms in total.